The van der Waals surface area contributed by atoms with Crippen LogP contribution in [0, 0.1) is 13.8 Å². The molecule has 2 aromatic rings. The first-order chi connectivity index (χ1) is 11.6. The third-order valence-corrected chi connectivity index (χ3v) is 4.05. The summed E-state index contributed by atoms with van der Waals surface area (Å²) in [5.74, 6) is -0.637. The smallest absolute Gasteiger partial charge is 0.395 e. The van der Waals surface area contributed by atoms with E-state index in [0.717, 1.165) is 27.7 Å². The van der Waals surface area contributed by atoms with Gasteiger partial charge in [0.1, 0.15) is 5.69 Å². The minimum absolute atomic E-state index is 0.0147. The van der Waals surface area contributed by atoms with Gasteiger partial charge in [-0.15, -0.1) is 0 Å². The fourth-order valence-corrected chi connectivity index (χ4v) is 2.58. The van der Waals surface area contributed by atoms with Crippen molar-refractivity contribution < 1.29 is 23.1 Å². The highest BCUT2D eigenvalue weighted by Gasteiger charge is 2.36. The molecule has 0 saturated heterocycles. The summed E-state index contributed by atoms with van der Waals surface area (Å²) in [6.45, 7) is 3.43. The van der Waals surface area contributed by atoms with Gasteiger partial charge < -0.3 is 10.0 Å². The molecule has 0 saturated carbocycles. The molecular formula is C15H20F3N5O2. The zero-order valence-corrected chi connectivity index (χ0v) is 14.4. The zero-order valence-electron chi connectivity index (χ0n) is 14.4. The minimum atomic E-state index is -4.63. The third kappa shape index (κ3) is 3.84. The van der Waals surface area contributed by atoms with Gasteiger partial charge in [0.05, 0.1) is 12.3 Å². The standard InChI is InChI=1S/C15H20F3N5O2/c1-9-11(10(2)21(3)19-9)8-23(5-6-24)14(25)12-7-13(15(16,17)18)20-22(12)4/h7,24H,5-6,8H2,1-4H3. The monoisotopic (exact) mass is 359 g/mol. The van der Waals surface area contributed by atoms with E-state index in [0.29, 0.717) is 0 Å². The number of aromatic nitrogens is 4. The molecule has 2 rings (SSSR count). The Labute approximate surface area is 142 Å². The molecule has 1 amide bonds. The summed E-state index contributed by atoms with van der Waals surface area (Å²) in [4.78, 5) is 14.0. The van der Waals surface area contributed by atoms with Crippen molar-refractivity contribution in [1.82, 2.24) is 24.5 Å². The number of hydrogen-bond acceptors (Lipinski definition) is 4. The van der Waals surface area contributed by atoms with Crippen LogP contribution in [0.1, 0.15) is 33.1 Å². The van der Waals surface area contributed by atoms with Gasteiger partial charge in [-0.3, -0.25) is 14.2 Å². The number of aliphatic hydroxyl groups is 1. The summed E-state index contributed by atoms with van der Waals surface area (Å²) < 4.78 is 41.0. The Hall–Kier alpha value is -2.36. The lowest BCUT2D eigenvalue weighted by Gasteiger charge is -2.22. The lowest BCUT2D eigenvalue weighted by atomic mass is 10.1. The molecule has 7 nitrogen and oxygen atoms in total. The van der Waals surface area contributed by atoms with Crippen molar-refractivity contribution >= 4 is 5.91 Å². The normalized spacial score (nSPS) is 11.8. The van der Waals surface area contributed by atoms with Gasteiger partial charge in [-0.05, 0) is 13.8 Å². The Morgan fingerprint density at radius 3 is 2.32 bits per heavy atom. The predicted molar refractivity (Wildman–Crippen MR) is 82.7 cm³/mol. The maximum Gasteiger partial charge on any atom is 0.435 e. The van der Waals surface area contributed by atoms with E-state index in [9.17, 15) is 23.1 Å². The first-order valence-corrected chi connectivity index (χ1v) is 7.56. The molecule has 0 bridgehead atoms. The highest BCUT2D eigenvalue weighted by atomic mass is 19.4. The number of aryl methyl sites for hydroxylation is 3. The van der Waals surface area contributed by atoms with Crippen molar-refractivity contribution in [3.8, 4) is 0 Å². The Bertz CT molecular complexity index is 779. The summed E-state index contributed by atoms with van der Waals surface area (Å²) in [6.07, 6.45) is -4.63. The maximum atomic E-state index is 12.8. The fraction of sp³-hybridized carbons (Fsp3) is 0.533. The number of halogens is 3. The van der Waals surface area contributed by atoms with Gasteiger partial charge in [0, 0.05) is 44.5 Å². The molecule has 1 N–H and O–H groups in total. The quantitative estimate of drug-likeness (QED) is 0.876. The van der Waals surface area contributed by atoms with E-state index < -0.39 is 17.8 Å². The van der Waals surface area contributed by atoms with E-state index in [1.54, 1.807) is 18.7 Å². The van der Waals surface area contributed by atoms with Crippen LogP contribution in [-0.2, 0) is 26.8 Å². The lowest BCUT2D eigenvalue weighted by molar-refractivity contribution is -0.141. The SMILES string of the molecule is Cc1nn(C)c(C)c1CN(CCO)C(=O)c1cc(C(F)(F)F)nn1C. The van der Waals surface area contributed by atoms with E-state index in [1.165, 1.54) is 11.9 Å². The van der Waals surface area contributed by atoms with Crippen molar-refractivity contribution in [1.29, 1.82) is 0 Å². The second-order valence-corrected chi connectivity index (χ2v) is 5.76. The van der Waals surface area contributed by atoms with Crippen LogP contribution in [0.25, 0.3) is 0 Å². The van der Waals surface area contributed by atoms with Crippen molar-refractivity contribution in [3.63, 3.8) is 0 Å². The summed E-state index contributed by atoms with van der Waals surface area (Å²) >= 11 is 0. The first-order valence-electron chi connectivity index (χ1n) is 7.56. The summed E-state index contributed by atoms with van der Waals surface area (Å²) in [5.41, 5.74) is 1.03. The second-order valence-electron chi connectivity index (χ2n) is 5.76. The average Bonchev–Trinajstić information content (AvgIpc) is 3.01. The topological polar surface area (TPSA) is 76.2 Å². The number of nitrogens with zero attached hydrogens (tertiary/aromatic N) is 5. The van der Waals surface area contributed by atoms with E-state index in [4.69, 9.17) is 0 Å². The molecule has 0 radical (unpaired) electrons. The largest absolute Gasteiger partial charge is 0.435 e. The van der Waals surface area contributed by atoms with Gasteiger partial charge >= 0.3 is 6.18 Å². The minimum Gasteiger partial charge on any atom is -0.395 e. The molecule has 0 fully saturated rings. The van der Waals surface area contributed by atoms with E-state index >= 15 is 0 Å². The number of amides is 1. The molecule has 10 heteroatoms. The molecule has 0 aromatic carbocycles. The highest BCUT2D eigenvalue weighted by molar-refractivity contribution is 5.92. The van der Waals surface area contributed by atoms with Gasteiger partial charge in [-0.1, -0.05) is 0 Å². The van der Waals surface area contributed by atoms with Gasteiger partial charge in [0.15, 0.2) is 5.69 Å². The number of carbonyl (C=O) groups is 1. The summed E-state index contributed by atoms with van der Waals surface area (Å²) in [5, 5.41) is 16.9. The van der Waals surface area contributed by atoms with E-state index in [1.807, 2.05) is 6.92 Å². The molecule has 0 aliphatic heterocycles. The van der Waals surface area contributed by atoms with Crippen molar-refractivity contribution in [3.05, 3.63) is 34.4 Å². The molecule has 0 spiro atoms. The Morgan fingerprint density at radius 1 is 1.24 bits per heavy atom. The fourth-order valence-electron chi connectivity index (χ4n) is 2.58. The Morgan fingerprint density at radius 2 is 1.88 bits per heavy atom. The van der Waals surface area contributed by atoms with Crippen LogP contribution in [0.2, 0.25) is 0 Å². The van der Waals surface area contributed by atoms with E-state index in [2.05, 4.69) is 10.2 Å². The molecule has 2 heterocycles. The van der Waals surface area contributed by atoms with Crippen LogP contribution >= 0.6 is 0 Å². The van der Waals surface area contributed by atoms with Gasteiger partial charge in [-0.25, -0.2) is 0 Å². The lowest BCUT2D eigenvalue weighted by Crippen LogP contribution is -2.34. The molecule has 2 aromatic heterocycles. The number of hydrogen-bond donors (Lipinski definition) is 1. The summed E-state index contributed by atoms with van der Waals surface area (Å²) in [7, 11) is 3.04. The summed E-state index contributed by atoms with van der Waals surface area (Å²) in [6, 6.07) is 0.718. The molecule has 0 unspecified atom stereocenters. The predicted octanol–water partition coefficient (Wildman–Crippen LogP) is 1.42. The van der Waals surface area contributed by atoms with Crippen LogP contribution in [-0.4, -0.2) is 48.6 Å². The second kappa shape index (κ2) is 6.87. The van der Waals surface area contributed by atoms with Crippen LogP contribution in [0.15, 0.2) is 6.07 Å². The Balaban J connectivity index is 2.34. The molecule has 138 valence electrons. The van der Waals surface area contributed by atoms with Crippen LogP contribution in [0.3, 0.4) is 0 Å². The highest BCUT2D eigenvalue weighted by Crippen LogP contribution is 2.28. The van der Waals surface area contributed by atoms with Crippen molar-refractivity contribution in [2.24, 2.45) is 14.1 Å². The van der Waals surface area contributed by atoms with Crippen molar-refractivity contribution in [2.45, 2.75) is 26.6 Å². The number of aliphatic hydroxyl groups excluding tert-OH is 1. The number of rotatable bonds is 5. The maximum absolute atomic E-state index is 12.8. The molecular weight excluding hydrogens is 339 g/mol. The Kier molecular flexibility index (Phi) is 5.21. The third-order valence-electron chi connectivity index (χ3n) is 4.05. The molecule has 0 aliphatic rings. The van der Waals surface area contributed by atoms with Crippen LogP contribution < -0.4 is 0 Å². The first kappa shape index (κ1) is 19.0. The van der Waals surface area contributed by atoms with Crippen LogP contribution in [0.5, 0.6) is 0 Å². The van der Waals surface area contributed by atoms with Gasteiger partial charge in [0.25, 0.3) is 5.91 Å². The van der Waals surface area contributed by atoms with E-state index in [-0.39, 0.29) is 25.4 Å². The number of carbonyl (C=O) groups excluding carboxylic acids is 1. The van der Waals surface area contributed by atoms with Crippen LogP contribution in [0.4, 0.5) is 13.2 Å². The van der Waals surface area contributed by atoms with Gasteiger partial charge in [-0.2, -0.15) is 23.4 Å². The molecule has 25 heavy (non-hydrogen) atoms. The molecule has 0 atom stereocenters. The van der Waals surface area contributed by atoms with Gasteiger partial charge in [0.2, 0.25) is 0 Å². The average molecular weight is 359 g/mol. The number of alkyl halides is 3. The molecule has 0 aliphatic carbocycles. The zero-order chi connectivity index (χ0) is 18.9. The van der Waals surface area contributed by atoms with Crippen molar-refractivity contribution in [2.75, 3.05) is 13.2 Å².